The smallest absolute Gasteiger partial charge is 0.353 e. The highest BCUT2D eigenvalue weighted by Gasteiger charge is 2.52. The van der Waals surface area contributed by atoms with Crippen LogP contribution in [0.1, 0.15) is 5.01 Å². The molecule has 9 heteroatoms. The Labute approximate surface area is 110 Å². The Morgan fingerprint density at radius 1 is 1.61 bits per heavy atom. The minimum atomic E-state index is -1.13. The van der Waals surface area contributed by atoms with E-state index in [0.29, 0.717) is 16.3 Å². The van der Waals surface area contributed by atoms with Crippen LogP contribution in [0.2, 0.25) is 0 Å². The predicted octanol–water partition coefficient (Wildman–Crippen LogP) is -0.424. The van der Waals surface area contributed by atoms with Gasteiger partial charge in [0.1, 0.15) is 27.6 Å². The van der Waals surface area contributed by atoms with E-state index < -0.39 is 12.0 Å². The number of carboxylic acid groups (broad SMARTS) is 1. The first-order chi connectivity index (χ1) is 8.61. The molecule has 0 saturated carbocycles. The van der Waals surface area contributed by atoms with Gasteiger partial charge in [0, 0.05) is 11.3 Å². The fourth-order valence-corrected chi connectivity index (χ4v) is 3.97. The largest absolute Gasteiger partial charge is 0.477 e. The summed E-state index contributed by atoms with van der Waals surface area (Å²) in [7, 11) is 0. The van der Waals surface area contributed by atoms with Crippen LogP contribution in [0.3, 0.4) is 0 Å². The second-order valence-electron chi connectivity index (χ2n) is 3.81. The second-order valence-corrected chi connectivity index (χ2v) is 5.75. The van der Waals surface area contributed by atoms with Crippen LogP contribution >= 0.6 is 23.1 Å². The molecular formula is C9H8N4O3S2. The van der Waals surface area contributed by atoms with Crippen molar-refractivity contribution in [2.45, 2.75) is 11.4 Å². The molecular weight excluding hydrogens is 276 g/mol. The summed E-state index contributed by atoms with van der Waals surface area (Å²) in [6.07, 6.45) is 0. The van der Waals surface area contributed by atoms with Gasteiger partial charge < -0.3 is 10.8 Å². The van der Waals surface area contributed by atoms with Gasteiger partial charge in [-0.3, -0.25) is 9.69 Å². The highest BCUT2D eigenvalue weighted by molar-refractivity contribution is 8.00. The number of hydrogen-bond acceptors (Lipinski definition) is 7. The zero-order valence-corrected chi connectivity index (χ0v) is 10.6. The fourth-order valence-electron chi connectivity index (χ4n) is 1.98. The zero-order valence-electron chi connectivity index (χ0n) is 8.94. The number of carboxylic acids is 1. The van der Waals surface area contributed by atoms with Crippen LogP contribution in [0.4, 0.5) is 0 Å². The molecule has 1 fully saturated rings. The van der Waals surface area contributed by atoms with Gasteiger partial charge in [-0.1, -0.05) is 0 Å². The number of carbonyl (C=O) groups is 2. The molecule has 3 heterocycles. The third kappa shape index (κ3) is 1.48. The lowest BCUT2D eigenvalue weighted by Gasteiger charge is -2.47. The van der Waals surface area contributed by atoms with Gasteiger partial charge in [-0.15, -0.1) is 33.3 Å². The van der Waals surface area contributed by atoms with E-state index in [9.17, 15) is 14.7 Å². The molecule has 3 N–H and O–H groups in total. The Kier molecular flexibility index (Phi) is 2.61. The quantitative estimate of drug-likeness (QED) is 0.709. The number of aliphatic carboxylic acids is 1. The van der Waals surface area contributed by atoms with Crippen LogP contribution in [0.15, 0.2) is 11.2 Å². The summed E-state index contributed by atoms with van der Waals surface area (Å²) in [6.45, 7) is 0. The van der Waals surface area contributed by atoms with E-state index in [0.717, 1.165) is 0 Å². The SMILES string of the molecule is NC1C(=O)N2C(C(=O)O)=C(c3nncs3)CS[C@H]12. The number of hydrogen-bond donors (Lipinski definition) is 2. The van der Waals surface area contributed by atoms with Crippen molar-refractivity contribution >= 4 is 40.5 Å². The average Bonchev–Trinajstić information content (AvgIpc) is 2.89. The van der Waals surface area contributed by atoms with Gasteiger partial charge in [0.25, 0.3) is 0 Å². The van der Waals surface area contributed by atoms with E-state index in [-0.39, 0.29) is 17.0 Å². The number of nitrogens with two attached hydrogens (primary N) is 1. The molecule has 1 saturated heterocycles. The Hall–Kier alpha value is -1.45. The molecule has 2 aliphatic rings. The molecule has 1 aromatic heterocycles. The summed E-state index contributed by atoms with van der Waals surface area (Å²) in [5.74, 6) is -1.02. The highest BCUT2D eigenvalue weighted by Crippen LogP contribution is 2.42. The molecule has 0 spiro atoms. The number of amides is 1. The first kappa shape index (κ1) is 11.6. The van der Waals surface area contributed by atoms with Crippen molar-refractivity contribution < 1.29 is 14.7 Å². The van der Waals surface area contributed by atoms with Crippen molar-refractivity contribution in [3.63, 3.8) is 0 Å². The summed E-state index contributed by atoms with van der Waals surface area (Å²) in [4.78, 5) is 24.3. The number of aromatic nitrogens is 2. The lowest BCUT2D eigenvalue weighted by atomic mass is 10.0. The third-order valence-corrected chi connectivity index (χ3v) is 4.88. The van der Waals surface area contributed by atoms with Crippen molar-refractivity contribution in [2.75, 3.05) is 5.75 Å². The molecule has 7 nitrogen and oxygen atoms in total. The molecule has 0 radical (unpaired) electrons. The Bertz CT molecular complexity index is 556. The Morgan fingerprint density at radius 3 is 3.00 bits per heavy atom. The molecule has 3 rings (SSSR count). The van der Waals surface area contributed by atoms with Gasteiger partial charge in [0.05, 0.1) is 0 Å². The number of fused-ring (bicyclic) bond motifs is 1. The summed E-state index contributed by atoms with van der Waals surface area (Å²) in [5.41, 5.74) is 7.70. The average molecular weight is 284 g/mol. The molecule has 1 unspecified atom stereocenters. The third-order valence-electron chi connectivity index (χ3n) is 2.83. The minimum absolute atomic E-state index is 0.0119. The summed E-state index contributed by atoms with van der Waals surface area (Å²) < 4.78 is 0. The van der Waals surface area contributed by atoms with E-state index in [1.807, 2.05) is 0 Å². The number of thioether (sulfide) groups is 1. The second kappa shape index (κ2) is 4.04. The van der Waals surface area contributed by atoms with Crippen molar-refractivity contribution in [3.8, 4) is 0 Å². The van der Waals surface area contributed by atoms with Crippen LogP contribution < -0.4 is 5.73 Å². The maximum atomic E-state index is 11.7. The lowest BCUT2D eigenvalue weighted by molar-refractivity contribution is -0.147. The molecule has 18 heavy (non-hydrogen) atoms. The van der Waals surface area contributed by atoms with Gasteiger partial charge in [0.15, 0.2) is 0 Å². The molecule has 2 aliphatic heterocycles. The van der Waals surface area contributed by atoms with E-state index >= 15 is 0 Å². The van der Waals surface area contributed by atoms with Gasteiger partial charge in [-0.2, -0.15) is 0 Å². The van der Waals surface area contributed by atoms with Crippen LogP contribution in [-0.2, 0) is 9.59 Å². The van der Waals surface area contributed by atoms with E-state index in [1.165, 1.54) is 33.5 Å². The standard InChI is InChI=1S/C9H8N4O3S2/c10-4-7(14)13-5(9(15)16)3(1-17-8(4)13)6-12-11-2-18-6/h2,4,8H,1,10H2,(H,15,16)/t4?,8-/m1/s1. The molecule has 0 bridgehead atoms. The molecule has 1 amide bonds. The highest BCUT2D eigenvalue weighted by atomic mass is 32.2. The Morgan fingerprint density at radius 2 is 2.39 bits per heavy atom. The van der Waals surface area contributed by atoms with E-state index in [1.54, 1.807) is 0 Å². The van der Waals surface area contributed by atoms with Gasteiger partial charge in [-0.05, 0) is 0 Å². The maximum absolute atomic E-state index is 11.7. The topological polar surface area (TPSA) is 109 Å². The van der Waals surface area contributed by atoms with Crippen LogP contribution in [0.25, 0.3) is 5.57 Å². The maximum Gasteiger partial charge on any atom is 0.353 e. The Balaban J connectivity index is 2.09. The molecule has 0 aliphatic carbocycles. The number of carbonyl (C=O) groups excluding carboxylic acids is 1. The molecule has 2 atom stereocenters. The normalized spacial score (nSPS) is 26.9. The number of rotatable bonds is 2. The van der Waals surface area contributed by atoms with Crippen LogP contribution in [0, 0.1) is 0 Å². The zero-order chi connectivity index (χ0) is 12.9. The van der Waals surface area contributed by atoms with Crippen molar-refractivity contribution in [3.05, 3.63) is 16.2 Å². The van der Waals surface area contributed by atoms with Crippen molar-refractivity contribution in [2.24, 2.45) is 5.73 Å². The summed E-state index contributed by atoms with van der Waals surface area (Å²) in [6, 6.07) is -0.611. The first-order valence-corrected chi connectivity index (χ1v) is 6.97. The van der Waals surface area contributed by atoms with E-state index in [2.05, 4.69) is 10.2 Å². The molecule has 0 aromatic carbocycles. The lowest BCUT2D eigenvalue weighted by Crippen LogP contribution is -2.68. The van der Waals surface area contributed by atoms with E-state index in [4.69, 9.17) is 5.73 Å². The minimum Gasteiger partial charge on any atom is -0.477 e. The predicted molar refractivity (Wildman–Crippen MR) is 65.5 cm³/mol. The van der Waals surface area contributed by atoms with Crippen molar-refractivity contribution in [1.29, 1.82) is 0 Å². The summed E-state index contributed by atoms with van der Waals surface area (Å²) in [5, 5.41) is 17.1. The van der Waals surface area contributed by atoms with Crippen LogP contribution in [-0.4, -0.2) is 49.2 Å². The van der Waals surface area contributed by atoms with Crippen molar-refractivity contribution in [1.82, 2.24) is 15.1 Å². The fraction of sp³-hybridized carbons (Fsp3) is 0.333. The molecule has 94 valence electrons. The monoisotopic (exact) mass is 284 g/mol. The van der Waals surface area contributed by atoms with Gasteiger partial charge in [-0.25, -0.2) is 4.79 Å². The first-order valence-electron chi connectivity index (χ1n) is 5.04. The summed E-state index contributed by atoms with van der Waals surface area (Å²) >= 11 is 2.70. The number of nitrogens with zero attached hydrogens (tertiary/aromatic N) is 3. The van der Waals surface area contributed by atoms with Crippen LogP contribution in [0.5, 0.6) is 0 Å². The van der Waals surface area contributed by atoms with Gasteiger partial charge >= 0.3 is 5.97 Å². The van der Waals surface area contributed by atoms with Gasteiger partial charge in [0.2, 0.25) is 5.91 Å². The number of β-lactam (4-membered cyclic amide) rings is 1. The molecule has 1 aromatic rings.